The molecule has 2 bridgehead atoms. The smallest absolute Gasteiger partial charge is 0.313 e. The molecule has 1 aromatic carbocycles. The Labute approximate surface area is 229 Å². The van der Waals surface area contributed by atoms with Crippen LogP contribution in [0.2, 0.25) is 5.02 Å². The zero-order valence-corrected chi connectivity index (χ0v) is 23.0. The summed E-state index contributed by atoms with van der Waals surface area (Å²) in [6, 6.07) is 5.26. The lowest BCUT2D eigenvalue weighted by Gasteiger charge is -2.40. The normalized spacial score (nSPS) is 30.3. The number of carbonyl (C=O) groups excluding carboxylic acids is 3. The Morgan fingerprint density at radius 3 is 2.58 bits per heavy atom. The van der Waals surface area contributed by atoms with Gasteiger partial charge in [-0.1, -0.05) is 63.2 Å². The monoisotopic (exact) mass is 544 g/mol. The number of ether oxygens (including phenoxy) is 2. The predicted octanol–water partition coefficient (Wildman–Crippen LogP) is 3.76. The van der Waals surface area contributed by atoms with E-state index in [1.165, 1.54) is 15.9 Å². The number of para-hydroxylation sites is 1. The van der Waals surface area contributed by atoms with Crippen molar-refractivity contribution < 1.29 is 29.0 Å². The number of nitrogens with zero attached hydrogens (tertiary/aromatic N) is 2. The molecule has 38 heavy (non-hydrogen) atoms. The van der Waals surface area contributed by atoms with Gasteiger partial charge in [-0.05, 0) is 37.3 Å². The second kappa shape index (κ2) is 10.8. The van der Waals surface area contributed by atoms with Crippen LogP contribution in [0.5, 0.6) is 0 Å². The molecule has 3 aliphatic rings. The summed E-state index contributed by atoms with van der Waals surface area (Å²) < 4.78 is 12.2. The van der Waals surface area contributed by atoms with Crippen molar-refractivity contribution in [1.82, 2.24) is 4.90 Å². The summed E-state index contributed by atoms with van der Waals surface area (Å²) in [5.74, 6) is -3.23. The van der Waals surface area contributed by atoms with E-state index < -0.39 is 41.1 Å². The van der Waals surface area contributed by atoms with Crippen molar-refractivity contribution >= 4 is 35.1 Å². The highest BCUT2D eigenvalue weighted by molar-refractivity contribution is 6.34. The first-order valence-electron chi connectivity index (χ1n) is 13.2. The molecule has 1 N–H and O–H groups in total. The summed E-state index contributed by atoms with van der Waals surface area (Å²) in [4.78, 5) is 45.3. The van der Waals surface area contributed by atoms with Crippen molar-refractivity contribution in [1.29, 1.82) is 0 Å². The molecule has 8 nitrogen and oxygen atoms in total. The number of esters is 1. The van der Waals surface area contributed by atoms with Gasteiger partial charge >= 0.3 is 5.97 Å². The van der Waals surface area contributed by atoms with Gasteiger partial charge in [-0.3, -0.25) is 14.4 Å². The van der Waals surface area contributed by atoms with Crippen LogP contribution in [0.25, 0.3) is 0 Å². The fourth-order valence-electron chi connectivity index (χ4n) is 6.76. The second-order valence-electron chi connectivity index (χ2n) is 10.7. The van der Waals surface area contributed by atoms with Crippen molar-refractivity contribution in [3.63, 3.8) is 0 Å². The maximum Gasteiger partial charge on any atom is 0.313 e. The molecule has 0 aromatic heterocycles. The Balaban J connectivity index is 1.88. The highest BCUT2D eigenvalue weighted by Gasteiger charge is 2.79. The second-order valence-corrected chi connectivity index (χ2v) is 11.1. The van der Waals surface area contributed by atoms with E-state index in [0.717, 1.165) is 0 Å². The van der Waals surface area contributed by atoms with E-state index >= 15 is 0 Å². The van der Waals surface area contributed by atoms with Crippen LogP contribution in [0.4, 0.5) is 5.69 Å². The minimum absolute atomic E-state index is 0.0139. The summed E-state index contributed by atoms with van der Waals surface area (Å²) in [6.45, 7) is 13.0. The zero-order valence-electron chi connectivity index (χ0n) is 22.3. The van der Waals surface area contributed by atoms with E-state index in [9.17, 15) is 19.5 Å². The van der Waals surface area contributed by atoms with Gasteiger partial charge in [0.15, 0.2) is 0 Å². The molecule has 1 spiro atoms. The number of likely N-dealkylation sites (tertiary alicyclic amines) is 1. The molecule has 1 aromatic rings. The van der Waals surface area contributed by atoms with Gasteiger partial charge in [0.25, 0.3) is 5.91 Å². The molecule has 206 valence electrons. The van der Waals surface area contributed by atoms with Crippen molar-refractivity contribution in [3.8, 4) is 0 Å². The predicted molar refractivity (Wildman–Crippen MR) is 145 cm³/mol. The van der Waals surface area contributed by atoms with E-state index in [-0.39, 0.29) is 37.5 Å². The molecule has 3 fully saturated rings. The van der Waals surface area contributed by atoms with Gasteiger partial charge in [0.2, 0.25) is 5.91 Å². The molecule has 0 saturated carbocycles. The first-order chi connectivity index (χ1) is 18.1. The van der Waals surface area contributed by atoms with Gasteiger partial charge in [-0.25, -0.2) is 0 Å². The van der Waals surface area contributed by atoms with Crippen LogP contribution in [0, 0.1) is 17.8 Å². The summed E-state index contributed by atoms with van der Waals surface area (Å²) in [5, 5.41) is 10.8. The fraction of sp³-hybridized carbons (Fsp3) is 0.552. The van der Waals surface area contributed by atoms with Gasteiger partial charge in [0, 0.05) is 6.54 Å². The fourth-order valence-corrected chi connectivity index (χ4v) is 6.99. The zero-order chi connectivity index (χ0) is 27.8. The number of carbonyl (C=O) groups is 3. The highest BCUT2D eigenvalue weighted by Crippen LogP contribution is 2.65. The number of aliphatic hydroxyl groups excluding tert-OH is 1. The number of amides is 2. The number of rotatable bonds is 11. The van der Waals surface area contributed by atoms with Crippen molar-refractivity contribution in [2.24, 2.45) is 17.8 Å². The number of hydrogen-bond acceptors (Lipinski definition) is 6. The number of fused-ring (bicyclic) bond motifs is 1. The van der Waals surface area contributed by atoms with E-state index in [0.29, 0.717) is 30.0 Å². The first-order valence-corrected chi connectivity index (χ1v) is 13.6. The van der Waals surface area contributed by atoms with Crippen LogP contribution >= 0.6 is 11.6 Å². The third-order valence-electron chi connectivity index (χ3n) is 8.48. The topological polar surface area (TPSA) is 96.4 Å². The largest absolute Gasteiger partial charge is 0.461 e. The van der Waals surface area contributed by atoms with Gasteiger partial charge in [-0.15, -0.1) is 6.58 Å². The molecule has 6 atom stereocenters. The molecular weight excluding hydrogens is 508 g/mol. The van der Waals surface area contributed by atoms with E-state index in [4.69, 9.17) is 21.1 Å². The van der Waals surface area contributed by atoms with Gasteiger partial charge in [-0.2, -0.15) is 0 Å². The van der Waals surface area contributed by atoms with Crippen molar-refractivity contribution in [3.05, 3.63) is 54.6 Å². The Hall–Kier alpha value is -2.68. The number of hydrogen-bond donors (Lipinski definition) is 1. The van der Waals surface area contributed by atoms with Gasteiger partial charge in [0.05, 0.1) is 34.9 Å². The molecule has 0 aliphatic carbocycles. The average molecular weight is 545 g/mol. The van der Waals surface area contributed by atoms with Crippen LogP contribution in [-0.2, 0) is 23.9 Å². The number of benzene rings is 1. The highest BCUT2D eigenvalue weighted by atomic mass is 35.5. The van der Waals surface area contributed by atoms with Crippen LogP contribution in [0.3, 0.4) is 0 Å². The summed E-state index contributed by atoms with van der Waals surface area (Å²) in [7, 11) is 0. The lowest BCUT2D eigenvalue weighted by molar-refractivity contribution is -0.161. The first kappa shape index (κ1) is 28.3. The minimum atomic E-state index is -1.25. The van der Waals surface area contributed by atoms with Gasteiger partial charge in [0.1, 0.15) is 24.2 Å². The SMILES string of the molecule is C=CCOC(=O)[C@@H]1[C@H]2C(=O)N([C@@H](CO)C(C)C)C(C(=O)N(CC=C)c3ccccc3Cl)C23CC[C@@]1(CC)O3. The van der Waals surface area contributed by atoms with Crippen LogP contribution in [-0.4, -0.2) is 70.8 Å². The maximum absolute atomic E-state index is 14.6. The van der Waals surface area contributed by atoms with Crippen LogP contribution in [0.1, 0.15) is 40.0 Å². The number of halogens is 1. The molecule has 3 aliphatic heterocycles. The Morgan fingerprint density at radius 2 is 2.00 bits per heavy atom. The van der Waals surface area contributed by atoms with Crippen LogP contribution < -0.4 is 4.90 Å². The molecule has 2 unspecified atom stereocenters. The molecular formula is C29H37ClN2O6. The Kier molecular flexibility index (Phi) is 8.07. The number of anilines is 1. The third kappa shape index (κ3) is 4.17. The molecule has 3 heterocycles. The average Bonchev–Trinajstić information content (AvgIpc) is 3.50. The standard InChI is InChI=1S/C29H37ClN2O6/c1-6-15-31(20-12-10-9-11-19(20)30)26(35)24-29-14-13-28(8-3,38-29)23(27(36)37-16-7-2)22(29)25(34)32(24)21(17-33)18(4)5/h6-7,9-12,18,21-24,33H,1-2,8,13-17H2,3-5H3/t21-,22-,23-,24?,28+,29?/m0/s1. The molecule has 2 amide bonds. The summed E-state index contributed by atoms with van der Waals surface area (Å²) in [6.07, 6.45) is 4.50. The van der Waals surface area contributed by atoms with Crippen molar-refractivity contribution in [2.45, 2.75) is 63.3 Å². The summed E-state index contributed by atoms with van der Waals surface area (Å²) in [5.41, 5.74) is -1.68. The van der Waals surface area contributed by atoms with E-state index in [1.54, 1.807) is 30.3 Å². The lowest BCUT2D eigenvalue weighted by Crippen LogP contribution is -2.60. The quantitative estimate of drug-likeness (QED) is 0.336. The third-order valence-corrected chi connectivity index (χ3v) is 8.80. The van der Waals surface area contributed by atoms with E-state index in [2.05, 4.69) is 13.2 Å². The molecule has 9 heteroatoms. The molecule has 4 rings (SSSR count). The summed E-state index contributed by atoms with van der Waals surface area (Å²) >= 11 is 6.51. The number of aliphatic hydroxyl groups is 1. The Morgan fingerprint density at radius 1 is 1.29 bits per heavy atom. The minimum Gasteiger partial charge on any atom is -0.461 e. The lowest BCUT2D eigenvalue weighted by atomic mass is 9.65. The van der Waals surface area contributed by atoms with Crippen molar-refractivity contribution in [2.75, 3.05) is 24.7 Å². The van der Waals surface area contributed by atoms with E-state index in [1.807, 2.05) is 20.8 Å². The molecule has 0 radical (unpaired) electrons. The van der Waals surface area contributed by atoms with Crippen LogP contribution in [0.15, 0.2) is 49.6 Å². The Bertz CT molecular complexity index is 1120. The maximum atomic E-state index is 14.6. The molecule has 3 saturated heterocycles. The van der Waals surface area contributed by atoms with Gasteiger partial charge < -0.3 is 24.4 Å².